The van der Waals surface area contributed by atoms with Crippen LogP contribution in [0.25, 0.3) is 0 Å². The maximum Gasteiger partial charge on any atom is 0.225 e. The van der Waals surface area contributed by atoms with Crippen LogP contribution in [-0.2, 0) is 11.2 Å². The molecule has 1 aromatic carbocycles. The molecule has 0 saturated heterocycles. The zero-order chi connectivity index (χ0) is 18.9. The van der Waals surface area contributed by atoms with Crippen LogP contribution in [0.2, 0.25) is 5.02 Å². The van der Waals surface area contributed by atoms with Gasteiger partial charge in [0.1, 0.15) is 11.5 Å². The lowest BCUT2D eigenvalue weighted by Crippen LogP contribution is -2.26. The molecule has 0 spiro atoms. The van der Waals surface area contributed by atoms with Crippen molar-refractivity contribution in [3.63, 3.8) is 0 Å². The second-order valence-electron chi connectivity index (χ2n) is 5.89. The summed E-state index contributed by atoms with van der Waals surface area (Å²) in [4.78, 5) is 18.4. The number of rotatable bonds is 9. The van der Waals surface area contributed by atoms with Gasteiger partial charge in [0.25, 0.3) is 0 Å². The van der Waals surface area contributed by atoms with Crippen molar-refractivity contribution in [3.8, 4) is 11.5 Å². The van der Waals surface area contributed by atoms with Crippen LogP contribution < -0.4 is 14.8 Å². The van der Waals surface area contributed by atoms with Crippen molar-refractivity contribution < 1.29 is 14.3 Å². The third-order valence-corrected chi connectivity index (χ3v) is 4.30. The number of aromatic nitrogens is 1. The minimum atomic E-state index is -0.0940. The molecule has 1 amide bonds. The fourth-order valence-electron chi connectivity index (χ4n) is 2.44. The molecule has 0 bridgehead atoms. The molecule has 140 valence electrons. The lowest BCUT2D eigenvalue weighted by molar-refractivity contribution is -0.116. The maximum absolute atomic E-state index is 12.3. The first-order valence-electron chi connectivity index (χ1n) is 8.32. The number of nitrogens with one attached hydrogen (secondary N) is 1. The summed E-state index contributed by atoms with van der Waals surface area (Å²) in [6.45, 7) is 1.53. The van der Waals surface area contributed by atoms with Crippen LogP contribution >= 0.6 is 11.6 Å². The van der Waals surface area contributed by atoms with E-state index in [2.05, 4.69) is 15.2 Å². The Morgan fingerprint density at radius 1 is 1.15 bits per heavy atom. The number of ether oxygens (including phenoxy) is 2. The molecule has 0 radical (unpaired) electrons. The minimum absolute atomic E-state index is 0.0940. The molecule has 1 heterocycles. The summed E-state index contributed by atoms with van der Waals surface area (Å²) in [6.07, 6.45) is 4.87. The molecular formula is C19H24ClN3O3. The lowest BCUT2D eigenvalue weighted by atomic mass is 10.2. The molecule has 0 unspecified atom stereocenters. The van der Waals surface area contributed by atoms with E-state index in [4.69, 9.17) is 21.1 Å². The lowest BCUT2D eigenvalue weighted by Gasteiger charge is -2.17. The minimum Gasteiger partial charge on any atom is -0.495 e. The van der Waals surface area contributed by atoms with E-state index in [1.54, 1.807) is 24.5 Å². The van der Waals surface area contributed by atoms with E-state index in [0.717, 1.165) is 13.0 Å². The summed E-state index contributed by atoms with van der Waals surface area (Å²) in [6, 6.07) is 7.28. The topological polar surface area (TPSA) is 63.7 Å². The fraction of sp³-hybridized carbons (Fsp3) is 0.368. The van der Waals surface area contributed by atoms with Gasteiger partial charge in [-0.15, -0.1) is 0 Å². The molecule has 1 aromatic heterocycles. The highest BCUT2D eigenvalue weighted by molar-refractivity contribution is 6.32. The van der Waals surface area contributed by atoms with Crippen molar-refractivity contribution in [2.45, 2.75) is 12.8 Å². The molecule has 0 atom stereocenters. The molecule has 0 saturated carbocycles. The number of carbonyl (C=O) groups is 1. The van der Waals surface area contributed by atoms with Crippen molar-refractivity contribution in [1.82, 2.24) is 9.88 Å². The first-order chi connectivity index (χ1) is 12.5. The summed E-state index contributed by atoms with van der Waals surface area (Å²) in [5.41, 5.74) is 1.77. The Hall–Kier alpha value is -2.31. The van der Waals surface area contributed by atoms with Gasteiger partial charge >= 0.3 is 0 Å². The van der Waals surface area contributed by atoms with Gasteiger partial charge in [-0.2, -0.15) is 0 Å². The van der Waals surface area contributed by atoms with Gasteiger partial charge in [0, 0.05) is 44.0 Å². The number of halogens is 1. The number of likely N-dealkylation sites (N-methyl/N-ethyl adjacent to an activating group) is 1. The molecule has 2 aromatic rings. The molecule has 0 aliphatic heterocycles. The van der Waals surface area contributed by atoms with Crippen LogP contribution in [0, 0.1) is 0 Å². The van der Waals surface area contributed by atoms with Crippen LogP contribution in [0.3, 0.4) is 0 Å². The monoisotopic (exact) mass is 377 g/mol. The first-order valence-corrected chi connectivity index (χ1v) is 8.70. The van der Waals surface area contributed by atoms with Gasteiger partial charge in [0.2, 0.25) is 5.91 Å². The summed E-state index contributed by atoms with van der Waals surface area (Å²) < 4.78 is 10.5. The number of pyridine rings is 1. The van der Waals surface area contributed by atoms with Gasteiger partial charge in [-0.05, 0) is 31.2 Å². The molecule has 0 fully saturated rings. The van der Waals surface area contributed by atoms with Crippen LogP contribution in [-0.4, -0.2) is 50.1 Å². The summed E-state index contributed by atoms with van der Waals surface area (Å²) in [5.74, 6) is 0.885. The zero-order valence-corrected chi connectivity index (χ0v) is 16.0. The molecule has 26 heavy (non-hydrogen) atoms. The number of carbonyl (C=O) groups excluding carboxylic acids is 1. The standard InChI is InChI=1S/C19H24ClN3O3/c1-23(10-6-14-4-8-21-9-5-14)11-7-19(24)22-16-13-17(25-2)15(20)12-18(16)26-3/h4-5,8-9,12-13H,6-7,10-11H2,1-3H3,(H,22,24). The van der Waals surface area contributed by atoms with E-state index in [0.29, 0.717) is 35.2 Å². The van der Waals surface area contributed by atoms with Gasteiger partial charge in [-0.1, -0.05) is 11.6 Å². The molecule has 0 aliphatic rings. The van der Waals surface area contributed by atoms with E-state index < -0.39 is 0 Å². The number of amides is 1. The summed E-state index contributed by atoms with van der Waals surface area (Å²) >= 11 is 6.08. The average molecular weight is 378 g/mol. The van der Waals surface area contributed by atoms with Gasteiger partial charge in [-0.25, -0.2) is 0 Å². The highest BCUT2D eigenvalue weighted by Crippen LogP contribution is 2.35. The Bertz CT molecular complexity index is 725. The second-order valence-corrected chi connectivity index (χ2v) is 6.30. The number of nitrogens with zero attached hydrogens (tertiary/aromatic N) is 2. The van der Waals surface area contributed by atoms with E-state index in [9.17, 15) is 4.79 Å². The zero-order valence-electron chi connectivity index (χ0n) is 15.3. The fourth-order valence-corrected chi connectivity index (χ4v) is 2.68. The molecule has 7 heteroatoms. The maximum atomic E-state index is 12.3. The quantitative estimate of drug-likeness (QED) is 0.726. The summed E-state index contributed by atoms with van der Waals surface area (Å²) in [7, 11) is 5.05. The summed E-state index contributed by atoms with van der Waals surface area (Å²) in [5, 5.41) is 3.28. The van der Waals surface area contributed by atoms with Crippen molar-refractivity contribution >= 4 is 23.2 Å². The predicted molar refractivity (Wildman–Crippen MR) is 103 cm³/mol. The normalized spacial score (nSPS) is 10.7. The number of hydrogen-bond donors (Lipinski definition) is 1. The average Bonchev–Trinajstić information content (AvgIpc) is 2.66. The van der Waals surface area contributed by atoms with E-state index in [1.165, 1.54) is 19.8 Å². The third-order valence-electron chi connectivity index (χ3n) is 4.00. The third kappa shape index (κ3) is 5.89. The molecule has 0 aliphatic carbocycles. The first kappa shape index (κ1) is 20.0. The largest absolute Gasteiger partial charge is 0.495 e. The predicted octanol–water partition coefficient (Wildman–Crippen LogP) is 3.26. The van der Waals surface area contributed by atoms with E-state index >= 15 is 0 Å². The van der Waals surface area contributed by atoms with Gasteiger partial charge < -0.3 is 19.7 Å². The Morgan fingerprint density at radius 2 is 1.85 bits per heavy atom. The van der Waals surface area contributed by atoms with Crippen molar-refractivity contribution in [2.24, 2.45) is 0 Å². The van der Waals surface area contributed by atoms with Gasteiger partial charge in [0.05, 0.1) is 24.9 Å². The molecule has 6 nitrogen and oxygen atoms in total. The van der Waals surface area contributed by atoms with Crippen LogP contribution in [0.4, 0.5) is 5.69 Å². The Labute approximate surface area is 159 Å². The van der Waals surface area contributed by atoms with Crippen LogP contribution in [0.5, 0.6) is 11.5 Å². The Morgan fingerprint density at radius 3 is 2.50 bits per heavy atom. The SMILES string of the molecule is COc1cc(NC(=O)CCN(C)CCc2ccncc2)c(OC)cc1Cl. The number of benzene rings is 1. The molecule has 1 N–H and O–H groups in total. The van der Waals surface area contributed by atoms with Gasteiger partial charge in [-0.3, -0.25) is 9.78 Å². The smallest absolute Gasteiger partial charge is 0.225 e. The number of methoxy groups -OCH3 is 2. The highest BCUT2D eigenvalue weighted by atomic mass is 35.5. The van der Waals surface area contributed by atoms with Crippen molar-refractivity contribution in [3.05, 3.63) is 47.2 Å². The Balaban J connectivity index is 1.84. The second kappa shape index (κ2) is 9.99. The Kier molecular flexibility index (Phi) is 7.69. The number of hydrogen-bond acceptors (Lipinski definition) is 5. The van der Waals surface area contributed by atoms with Crippen molar-refractivity contribution in [1.29, 1.82) is 0 Å². The van der Waals surface area contributed by atoms with E-state index in [1.807, 2.05) is 19.2 Å². The van der Waals surface area contributed by atoms with E-state index in [-0.39, 0.29) is 5.91 Å². The molecule has 2 rings (SSSR count). The highest BCUT2D eigenvalue weighted by Gasteiger charge is 2.13. The van der Waals surface area contributed by atoms with Crippen molar-refractivity contribution in [2.75, 3.05) is 39.7 Å². The van der Waals surface area contributed by atoms with Gasteiger partial charge in [0.15, 0.2) is 0 Å². The number of anilines is 1. The molecular weight excluding hydrogens is 354 g/mol. The van der Waals surface area contributed by atoms with Crippen LogP contribution in [0.15, 0.2) is 36.7 Å². The van der Waals surface area contributed by atoms with Crippen LogP contribution in [0.1, 0.15) is 12.0 Å².